The van der Waals surface area contributed by atoms with Gasteiger partial charge in [-0.15, -0.1) is 0 Å². The molecule has 6 heteroatoms. The van der Waals surface area contributed by atoms with Crippen molar-refractivity contribution in [1.29, 1.82) is 0 Å². The van der Waals surface area contributed by atoms with Gasteiger partial charge < -0.3 is 18.9 Å². The number of hydrogen-bond acceptors (Lipinski definition) is 6. The smallest absolute Gasteiger partial charge is 0.164 e. The van der Waals surface area contributed by atoms with E-state index in [4.69, 9.17) is 18.9 Å². The normalized spacial score (nSPS) is 19.8. The van der Waals surface area contributed by atoms with Gasteiger partial charge in [-0.2, -0.15) is 0 Å². The lowest BCUT2D eigenvalue weighted by atomic mass is 10.1. The zero-order valence-corrected chi connectivity index (χ0v) is 16.4. The van der Waals surface area contributed by atoms with E-state index in [2.05, 4.69) is 16.0 Å². The van der Waals surface area contributed by atoms with Crippen molar-refractivity contribution in [3.63, 3.8) is 0 Å². The second-order valence-electron chi connectivity index (χ2n) is 7.29. The van der Waals surface area contributed by atoms with Gasteiger partial charge in [-0.3, -0.25) is 9.88 Å². The predicted octanol–water partition coefficient (Wildman–Crippen LogP) is 3.43. The van der Waals surface area contributed by atoms with Crippen molar-refractivity contribution in [2.45, 2.75) is 38.5 Å². The molecule has 0 saturated carbocycles. The minimum absolute atomic E-state index is 0.224. The maximum absolute atomic E-state index is 6.12. The van der Waals surface area contributed by atoms with E-state index in [1.54, 1.807) is 7.11 Å². The van der Waals surface area contributed by atoms with Gasteiger partial charge in [0.15, 0.2) is 11.5 Å². The fraction of sp³-hybridized carbons (Fsp3) is 0.500. The summed E-state index contributed by atoms with van der Waals surface area (Å²) in [5.74, 6) is 2.43. The van der Waals surface area contributed by atoms with Crippen molar-refractivity contribution in [1.82, 2.24) is 9.88 Å². The molecule has 4 rings (SSSR count). The lowest BCUT2D eigenvalue weighted by Crippen LogP contribution is -2.39. The average Bonchev–Trinajstić information content (AvgIpc) is 2.97. The number of likely N-dealkylation sites (tertiary alicyclic amines) is 1. The first-order chi connectivity index (χ1) is 13.8. The highest BCUT2D eigenvalue weighted by Gasteiger charge is 2.23. The SMILES string of the molecule is COc1cc2c(cc1CN1CCCC(OCc3ccccn3)C1)OCCCO2. The van der Waals surface area contributed by atoms with Crippen molar-refractivity contribution in [3.8, 4) is 17.2 Å². The number of fused-ring (bicyclic) bond motifs is 1. The van der Waals surface area contributed by atoms with Crippen LogP contribution in [0.1, 0.15) is 30.5 Å². The van der Waals surface area contributed by atoms with Gasteiger partial charge in [-0.25, -0.2) is 0 Å². The molecule has 6 nitrogen and oxygen atoms in total. The molecule has 28 heavy (non-hydrogen) atoms. The Kier molecular flexibility index (Phi) is 6.29. The third kappa shape index (κ3) is 4.75. The summed E-state index contributed by atoms with van der Waals surface area (Å²) in [4.78, 5) is 6.77. The highest BCUT2D eigenvalue weighted by molar-refractivity contribution is 5.51. The van der Waals surface area contributed by atoms with Crippen LogP contribution in [-0.4, -0.2) is 49.4 Å². The number of piperidine rings is 1. The topological polar surface area (TPSA) is 53.1 Å². The first-order valence-electron chi connectivity index (χ1n) is 10.0. The van der Waals surface area contributed by atoms with Gasteiger partial charge in [0.25, 0.3) is 0 Å². The number of rotatable bonds is 6. The Morgan fingerprint density at radius 3 is 2.79 bits per heavy atom. The van der Waals surface area contributed by atoms with Crippen molar-refractivity contribution in [2.24, 2.45) is 0 Å². The van der Waals surface area contributed by atoms with E-state index in [9.17, 15) is 0 Å². The molecule has 2 aliphatic rings. The van der Waals surface area contributed by atoms with Gasteiger partial charge in [0, 0.05) is 37.3 Å². The maximum atomic E-state index is 6.12. The molecule has 150 valence electrons. The number of benzene rings is 1. The second-order valence-corrected chi connectivity index (χ2v) is 7.29. The van der Waals surface area contributed by atoms with Crippen molar-refractivity contribution in [2.75, 3.05) is 33.4 Å². The molecule has 1 fully saturated rings. The van der Waals surface area contributed by atoms with Crippen molar-refractivity contribution in [3.05, 3.63) is 47.8 Å². The molecular formula is C22H28N2O4. The third-order valence-corrected chi connectivity index (χ3v) is 5.20. The van der Waals surface area contributed by atoms with Crippen LogP contribution in [0, 0.1) is 0 Å². The van der Waals surface area contributed by atoms with Crippen LogP contribution in [0.15, 0.2) is 36.5 Å². The van der Waals surface area contributed by atoms with Gasteiger partial charge in [0.05, 0.1) is 38.7 Å². The predicted molar refractivity (Wildman–Crippen MR) is 106 cm³/mol. The maximum Gasteiger partial charge on any atom is 0.164 e. The monoisotopic (exact) mass is 384 g/mol. The van der Waals surface area contributed by atoms with Crippen LogP contribution < -0.4 is 14.2 Å². The second kappa shape index (κ2) is 9.26. The van der Waals surface area contributed by atoms with E-state index in [-0.39, 0.29) is 6.10 Å². The Labute approximate surface area is 166 Å². The number of aromatic nitrogens is 1. The number of pyridine rings is 1. The third-order valence-electron chi connectivity index (χ3n) is 5.20. The summed E-state index contributed by atoms with van der Waals surface area (Å²) in [5, 5.41) is 0. The summed E-state index contributed by atoms with van der Waals surface area (Å²) < 4.78 is 23.4. The molecule has 1 unspecified atom stereocenters. The fourth-order valence-electron chi connectivity index (χ4n) is 3.77. The van der Waals surface area contributed by atoms with E-state index < -0.39 is 0 Å². The van der Waals surface area contributed by atoms with Crippen LogP contribution >= 0.6 is 0 Å². The van der Waals surface area contributed by atoms with Crippen LogP contribution in [0.25, 0.3) is 0 Å². The van der Waals surface area contributed by atoms with Crippen molar-refractivity contribution < 1.29 is 18.9 Å². The largest absolute Gasteiger partial charge is 0.496 e. The van der Waals surface area contributed by atoms with E-state index >= 15 is 0 Å². The average molecular weight is 384 g/mol. The number of methoxy groups -OCH3 is 1. The van der Waals surface area contributed by atoms with Crippen LogP contribution in [0.5, 0.6) is 17.2 Å². The van der Waals surface area contributed by atoms with E-state index in [0.717, 1.165) is 67.4 Å². The molecule has 1 saturated heterocycles. The molecule has 2 aliphatic heterocycles. The summed E-state index contributed by atoms with van der Waals surface area (Å²) in [5.41, 5.74) is 2.10. The van der Waals surface area contributed by atoms with E-state index in [0.29, 0.717) is 19.8 Å². The van der Waals surface area contributed by atoms with Gasteiger partial charge in [0.1, 0.15) is 5.75 Å². The Balaban J connectivity index is 1.40. The van der Waals surface area contributed by atoms with Gasteiger partial charge in [-0.05, 0) is 37.6 Å². The van der Waals surface area contributed by atoms with Crippen LogP contribution in [0.2, 0.25) is 0 Å². The molecule has 0 radical (unpaired) electrons. The molecule has 0 bridgehead atoms. The molecule has 1 atom stereocenters. The van der Waals surface area contributed by atoms with Gasteiger partial charge in [-0.1, -0.05) is 6.07 Å². The summed E-state index contributed by atoms with van der Waals surface area (Å²) in [6, 6.07) is 9.94. The van der Waals surface area contributed by atoms with Crippen LogP contribution in [0.4, 0.5) is 0 Å². The quantitative estimate of drug-likeness (QED) is 0.761. The van der Waals surface area contributed by atoms with E-state index in [1.807, 2.05) is 30.5 Å². The number of nitrogens with zero attached hydrogens (tertiary/aromatic N) is 2. The molecule has 2 aromatic rings. The highest BCUT2D eigenvalue weighted by atomic mass is 16.5. The number of ether oxygens (including phenoxy) is 4. The molecular weight excluding hydrogens is 356 g/mol. The van der Waals surface area contributed by atoms with Crippen LogP contribution in [0.3, 0.4) is 0 Å². The zero-order valence-electron chi connectivity index (χ0n) is 16.4. The first kappa shape index (κ1) is 19.0. The number of hydrogen-bond donors (Lipinski definition) is 0. The molecule has 3 heterocycles. The Morgan fingerprint density at radius 1 is 1.14 bits per heavy atom. The lowest BCUT2D eigenvalue weighted by molar-refractivity contribution is -0.0134. The van der Waals surface area contributed by atoms with Crippen LogP contribution in [-0.2, 0) is 17.9 Å². The summed E-state index contributed by atoms with van der Waals surface area (Å²) >= 11 is 0. The molecule has 0 amide bonds. The molecule has 1 aromatic heterocycles. The lowest BCUT2D eigenvalue weighted by Gasteiger charge is -2.33. The van der Waals surface area contributed by atoms with E-state index in [1.165, 1.54) is 0 Å². The zero-order chi connectivity index (χ0) is 19.2. The highest BCUT2D eigenvalue weighted by Crippen LogP contribution is 2.37. The Morgan fingerprint density at radius 2 is 2.00 bits per heavy atom. The molecule has 0 N–H and O–H groups in total. The molecule has 0 spiro atoms. The minimum atomic E-state index is 0.224. The molecule has 0 aliphatic carbocycles. The Hall–Kier alpha value is -2.31. The van der Waals surface area contributed by atoms with Gasteiger partial charge in [0.2, 0.25) is 0 Å². The van der Waals surface area contributed by atoms with Gasteiger partial charge >= 0.3 is 0 Å². The summed E-state index contributed by atoms with van der Waals surface area (Å²) in [6.45, 7) is 4.70. The summed E-state index contributed by atoms with van der Waals surface area (Å²) in [7, 11) is 1.71. The summed E-state index contributed by atoms with van der Waals surface area (Å²) in [6.07, 6.45) is 5.14. The Bertz CT molecular complexity index is 769. The van der Waals surface area contributed by atoms with Crippen molar-refractivity contribution >= 4 is 0 Å². The fourth-order valence-corrected chi connectivity index (χ4v) is 3.77. The minimum Gasteiger partial charge on any atom is -0.496 e. The standard InChI is InChI=1S/C22H28N2O4/c1-25-20-13-22-21(26-10-5-11-27-22)12-17(20)14-24-9-4-7-19(15-24)28-16-18-6-2-3-8-23-18/h2-3,6,8,12-13,19H,4-5,7,9-11,14-16H2,1H3. The molecule has 1 aromatic carbocycles. The first-order valence-corrected chi connectivity index (χ1v) is 10.0.